The Morgan fingerprint density at radius 2 is 1.15 bits per heavy atom. The summed E-state index contributed by atoms with van der Waals surface area (Å²) in [4.78, 5) is 23.2. The second-order valence-corrected chi connectivity index (χ2v) is 11.4. The molecule has 0 atom stereocenters. The van der Waals surface area contributed by atoms with E-state index in [9.17, 15) is 4.79 Å². The van der Waals surface area contributed by atoms with Crippen molar-refractivity contribution in [1.29, 1.82) is 0 Å². The molecule has 7 aromatic rings. The minimum absolute atomic E-state index is 0.0631. The van der Waals surface area contributed by atoms with Gasteiger partial charge in [-0.2, -0.15) is 0 Å². The van der Waals surface area contributed by atoms with Crippen molar-refractivity contribution in [3.63, 3.8) is 0 Å². The number of ketones is 1. The fourth-order valence-corrected chi connectivity index (χ4v) is 5.79. The summed E-state index contributed by atoms with van der Waals surface area (Å²) in [6, 6.07) is 49.4. The number of hydrogen-bond acceptors (Lipinski definition) is 2. The van der Waals surface area contributed by atoms with Crippen LogP contribution in [0.5, 0.6) is 0 Å². The number of fused-ring (bicyclic) bond motifs is 3. The van der Waals surface area contributed by atoms with Crippen LogP contribution >= 0.6 is 0 Å². The van der Waals surface area contributed by atoms with E-state index in [1.807, 2.05) is 103 Å². The van der Waals surface area contributed by atoms with E-state index in [-0.39, 0.29) is 11.6 Å². The molecule has 0 amide bonds. The van der Waals surface area contributed by atoms with Gasteiger partial charge in [-0.15, -0.1) is 0 Å². The first kappa shape index (κ1) is 29.4. The Balaban J connectivity index is 1.20. The van der Waals surface area contributed by atoms with Gasteiger partial charge < -0.3 is 10.3 Å². The smallest absolute Gasteiger partial charge is 0.193 e. The Bertz CT molecular complexity index is 2310. The first-order valence-electron chi connectivity index (χ1n) is 15.4. The second-order valence-electron chi connectivity index (χ2n) is 11.4. The summed E-state index contributed by atoms with van der Waals surface area (Å²) in [6.45, 7) is 6.23. The van der Waals surface area contributed by atoms with E-state index in [4.69, 9.17) is 15.7 Å². The van der Waals surface area contributed by atoms with Gasteiger partial charge in [-0.3, -0.25) is 4.79 Å². The highest BCUT2D eigenvalue weighted by Gasteiger charge is 2.16. The average molecular weight is 609 g/mol. The molecule has 0 aliphatic heterocycles. The van der Waals surface area contributed by atoms with Gasteiger partial charge in [0.1, 0.15) is 5.84 Å². The van der Waals surface area contributed by atoms with E-state index in [0.717, 1.165) is 38.6 Å². The van der Waals surface area contributed by atoms with Crippen LogP contribution in [-0.2, 0) is 0 Å². The molecule has 226 valence electrons. The number of carbonyl (C=O) groups is 1. The van der Waals surface area contributed by atoms with Crippen LogP contribution in [-0.4, -0.2) is 22.0 Å². The van der Waals surface area contributed by atoms with Crippen molar-refractivity contribution in [3.8, 4) is 5.69 Å². The molecule has 0 fully saturated rings. The van der Waals surface area contributed by atoms with Crippen LogP contribution in [0.15, 0.2) is 168 Å². The lowest BCUT2D eigenvalue weighted by molar-refractivity contribution is 0.103. The molecule has 0 spiro atoms. The summed E-state index contributed by atoms with van der Waals surface area (Å²) >= 11 is 0. The van der Waals surface area contributed by atoms with Gasteiger partial charge >= 0.3 is 0 Å². The lowest BCUT2D eigenvalue weighted by atomic mass is 10.00. The van der Waals surface area contributed by atoms with E-state index < -0.39 is 0 Å². The first-order chi connectivity index (χ1) is 23.0. The summed E-state index contributed by atoms with van der Waals surface area (Å²) in [7, 11) is 0. The minimum atomic E-state index is -0.0631. The molecule has 5 heteroatoms. The number of para-hydroxylation sites is 1. The Kier molecular flexibility index (Phi) is 7.87. The number of amidine groups is 2. The third-order valence-electron chi connectivity index (χ3n) is 8.28. The molecule has 7 rings (SSSR count). The number of benzene rings is 6. The molecular formula is C42H32N4O. The molecule has 1 heterocycles. The molecule has 0 radical (unpaired) electrons. The van der Waals surface area contributed by atoms with Gasteiger partial charge in [-0.05, 0) is 48.9 Å². The van der Waals surface area contributed by atoms with Gasteiger partial charge in [0.25, 0.3) is 0 Å². The van der Waals surface area contributed by atoms with Crippen molar-refractivity contribution in [3.05, 3.63) is 192 Å². The van der Waals surface area contributed by atoms with Crippen molar-refractivity contribution in [2.75, 3.05) is 0 Å². The van der Waals surface area contributed by atoms with Crippen molar-refractivity contribution >= 4 is 45.0 Å². The zero-order chi connectivity index (χ0) is 32.3. The highest BCUT2D eigenvalue weighted by Crippen LogP contribution is 2.33. The summed E-state index contributed by atoms with van der Waals surface area (Å²) in [5.41, 5.74) is 15.1. The summed E-state index contributed by atoms with van der Waals surface area (Å²) in [5, 5.41) is 2.13. The van der Waals surface area contributed by atoms with Crippen LogP contribution in [0.1, 0.15) is 38.2 Å². The third kappa shape index (κ3) is 5.90. The number of rotatable bonds is 7. The maximum absolute atomic E-state index is 13.7. The molecule has 0 aliphatic rings. The normalized spacial score (nSPS) is 12.0. The second kappa shape index (κ2) is 12.6. The predicted molar refractivity (Wildman–Crippen MR) is 195 cm³/mol. The van der Waals surface area contributed by atoms with Crippen LogP contribution in [0.3, 0.4) is 0 Å². The fraction of sp³-hybridized carbons (Fsp3) is 0.0238. The molecular weight excluding hydrogens is 576 g/mol. The summed E-state index contributed by atoms with van der Waals surface area (Å²) < 4.78 is 2.25. The van der Waals surface area contributed by atoms with Crippen molar-refractivity contribution in [2.45, 2.75) is 6.92 Å². The van der Waals surface area contributed by atoms with Crippen molar-refractivity contribution in [1.82, 2.24) is 4.57 Å². The number of aryl methyl sites for hydroxylation is 1. The molecule has 5 nitrogen and oxygen atoms in total. The molecule has 2 N–H and O–H groups in total. The largest absolute Gasteiger partial charge is 0.383 e. The first-order valence-corrected chi connectivity index (χ1v) is 15.4. The Morgan fingerprint density at radius 1 is 0.574 bits per heavy atom. The Labute approximate surface area is 273 Å². The Morgan fingerprint density at radius 3 is 1.85 bits per heavy atom. The van der Waals surface area contributed by atoms with E-state index in [1.165, 1.54) is 5.56 Å². The molecule has 0 bridgehead atoms. The maximum atomic E-state index is 13.7. The summed E-state index contributed by atoms with van der Waals surface area (Å²) in [5.74, 6) is 0.680. The van der Waals surface area contributed by atoms with Crippen molar-refractivity contribution in [2.24, 2.45) is 15.7 Å². The molecule has 6 aromatic carbocycles. The molecule has 47 heavy (non-hydrogen) atoms. The molecule has 0 unspecified atom stereocenters. The zero-order valence-corrected chi connectivity index (χ0v) is 26.0. The molecule has 1 aromatic heterocycles. The molecule has 0 saturated heterocycles. The lowest BCUT2D eigenvalue weighted by Crippen LogP contribution is -2.16. The highest BCUT2D eigenvalue weighted by atomic mass is 16.1. The minimum Gasteiger partial charge on any atom is -0.383 e. The number of aromatic nitrogens is 1. The average Bonchev–Trinajstić information content (AvgIpc) is 3.46. The van der Waals surface area contributed by atoms with Crippen molar-refractivity contribution < 1.29 is 4.79 Å². The van der Waals surface area contributed by atoms with E-state index in [2.05, 4.69) is 54.5 Å². The molecule has 0 saturated carbocycles. The van der Waals surface area contributed by atoms with Crippen LogP contribution in [0.4, 0.5) is 0 Å². The van der Waals surface area contributed by atoms with Gasteiger partial charge in [-0.1, -0.05) is 127 Å². The standard InChI is InChI=1S/C42H32N4O/c1-28-17-24-35(25-18-28)46-38-16-10-9-15-36(38)37-27-34(23-26-39(37)46)40(47)31-19-21-32(22-20-31)41(43)45-42(33-13-7-4-8-14-33)44-29(2)30-11-5-3-6-12-30/h3-27H,2H2,1H3,(H2,43,44,45). The van der Waals surface area contributed by atoms with Crippen LogP contribution in [0, 0.1) is 6.92 Å². The van der Waals surface area contributed by atoms with Crippen LogP contribution in [0.2, 0.25) is 0 Å². The predicted octanol–water partition coefficient (Wildman–Crippen LogP) is 9.15. The van der Waals surface area contributed by atoms with Gasteiger partial charge in [0, 0.05) is 38.7 Å². The monoisotopic (exact) mass is 608 g/mol. The van der Waals surface area contributed by atoms with E-state index in [1.54, 1.807) is 12.1 Å². The zero-order valence-electron chi connectivity index (χ0n) is 26.0. The lowest BCUT2D eigenvalue weighted by Gasteiger charge is -2.09. The van der Waals surface area contributed by atoms with Gasteiger partial charge in [0.15, 0.2) is 11.6 Å². The maximum Gasteiger partial charge on any atom is 0.193 e. The topological polar surface area (TPSA) is 72.7 Å². The number of aliphatic imine (C=N–C) groups is 2. The van der Waals surface area contributed by atoms with E-state index >= 15 is 0 Å². The number of nitrogens with two attached hydrogens (primary N) is 1. The van der Waals surface area contributed by atoms with E-state index in [0.29, 0.717) is 28.2 Å². The molecule has 0 aliphatic carbocycles. The highest BCUT2D eigenvalue weighted by molar-refractivity contribution is 6.16. The van der Waals surface area contributed by atoms with Crippen LogP contribution < -0.4 is 5.73 Å². The van der Waals surface area contributed by atoms with Gasteiger partial charge in [0.05, 0.1) is 16.7 Å². The quantitative estimate of drug-likeness (QED) is 0.111. The number of carbonyl (C=O) groups excluding carboxylic acids is 1. The fourth-order valence-electron chi connectivity index (χ4n) is 5.79. The number of nitrogens with zero attached hydrogens (tertiary/aromatic N) is 3. The number of hydrogen-bond donors (Lipinski definition) is 1. The Hall–Kier alpha value is -6.33. The summed E-state index contributed by atoms with van der Waals surface area (Å²) in [6.07, 6.45) is 0. The third-order valence-corrected chi connectivity index (χ3v) is 8.28. The van der Waals surface area contributed by atoms with Gasteiger partial charge in [0.2, 0.25) is 0 Å². The SMILES string of the molecule is C=C(/N=C(\N=C(/N)c1ccc(C(=O)c2ccc3c(c2)c2ccccc2n3-c2ccc(C)cc2)cc1)c1ccccc1)c1ccccc1. The van der Waals surface area contributed by atoms with Crippen LogP contribution in [0.25, 0.3) is 33.2 Å². The van der Waals surface area contributed by atoms with Gasteiger partial charge in [-0.25, -0.2) is 9.98 Å².